The number of hydrogen-bond donors (Lipinski definition) is 1. The molecule has 1 N–H and O–H groups in total. The van der Waals surface area contributed by atoms with Crippen LogP contribution in [0.3, 0.4) is 0 Å². The zero-order valence-corrected chi connectivity index (χ0v) is 22.7. The van der Waals surface area contributed by atoms with Crippen molar-refractivity contribution in [2.24, 2.45) is 0 Å². The van der Waals surface area contributed by atoms with Crippen LogP contribution in [-0.4, -0.2) is 109 Å². The van der Waals surface area contributed by atoms with Gasteiger partial charge in [0.2, 0.25) is 0 Å². The molecule has 16 heteroatoms. The van der Waals surface area contributed by atoms with Crippen LogP contribution in [0.5, 0.6) is 0 Å². The van der Waals surface area contributed by atoms with Gasteiger partial charge in [-0.15, -0.1) is 0 Å². The third-order valence-corrected chi connectivity index (χ3v) is 7.76. The van der Waals surface area contributed by atoms with E-state index in [0.29, 0.717) is 0 Å². The average Bonchev–Trinajstić information content (AvgIpc) is 3.21. The molecule has 2 aliphatic rings. The van der Waals surface area contributed by atoms with Gasteiger partial charge in [0.1, 0.15) is 17.1 Å². The lowest BCUT2D eigenvalue weighted by molar-refractivity contribution is -0.151. The molecular weight excluding hydrogens is 548 g/mol. The minimum absolute atomic E-state index is 0.0121. The Morgan fingerprint density at radius 1 is 0.737 bits per heavy atom. The molecule has 0 aromatic carbocycles. The fourth-order valence-electron chi connectivity index (χ4n) is 3.07. The highest BCUT2D eigenvalue weighted by Gasteiger charge is 2.26. The van der Waals surface area contributed by atoms with Crippen LogP contribution < -0.4 is 0 Å². The standard InChI is InChI=1S/C13H19NO6S.C9H11NO6S/c1-13(2,3)20-12(17)9-21(18,19)8-4-7-14-10(15)5-6-11(14)16;11-7-2-3-8(12)10(7)4-1-5-17(15,16)6-9(13)14/h5-6H,4,7-9H2,1-3H3;2-3H,1,4-6H2,(H,13,14). The molecule has 14 nitrogen and oxygen atoms in total. The smallest absolute Gasteiger partial charge is 0.321 e. The number of esters is 1. The Bertz CT molecular complexity index is 1210. The first-order valence-corrected chi connectivity index (χ1v) is 14.9. The van der Waals surface area contributed by atoms with Gasteiger partial charge < -0.3 is 9.84 Å². The molecule has 0 bridgehead atoms. The lowest BCUT2D eigenvalue weighted by Crippen LogP contribution is -2.33. The van der Waals surface area contributed by atoms with Gasteiger partial charge >= 0.3 is 11.9 Å². The molecule has 0 saturated heterocycles. The van der Waals surface area contributed by atoms with Crippen molar-refractivity contribution in [3.8, 4) is 0 Å². The van der Waals surface area contributed by atoms with Gasteiger partial charge in [-0.05, 0) is 33.6 Å². The highest BCUT2D eigenvalue weighted by atomic mass is 32.2. The van der Waals surface area contributed by atoms with Gasteiger partial charge in [-0.25, -0.2) is 16.8 Å². The third-order valence-electron chi connectivity index (χ3n) is 4.58. The van der Waals surface area contributed by atoms with Crippen molar-refractivity contribution in [2.45, 2.75) is 39.2 Å². The fourth-order valence-corrected chi connectivity index (χ4v) is 5.29. The Hall–Kier alpha value is -3.40. The van der Waals surface area contributed by atoms with Crippen molar-refractivity contribution in [2.75, 3.05) is 36.1 Å². The number of amides is 4. The van der Waals surface area contributed by atoms with Crippen molar-refractivity contribution in [3.63, 3.8) is 0 Å². The first-order chi connectivity index (χ1) is 17.3. The molecule has 0 aromatic heterocycles. The molecule has 0 atom stereocenters. The number of carboxylic acids is 1. The van der Waals surface area contributed by atoms with Crippen molar-refractivity contribution >= 4 is 55.2 Å². The number of rotatable bonds is 12. The molecule has 0 fully saturated rings. The van der Waals surface area contributed by atoms with Crippen LogP contribution in [0.15, 0.2) is 24.3 Å². The number of sulfone groups is 2. The monoisotopic (exact) mass is 578 g/mol. The quantitative estimate of drug-likeness (QED) is 0.215. The summed E-state index contributed by atoms with van der Waals surface area (Å²) in [6.45, 7) is 4.93. The van der Waals surface area contributed by atoms with Crippen LogP contribution in [-0.2, 0) is 53.2 Å². The zero-order valence-electron chi connectivity index (χ0n) is 21.1. The van der Waals surface area contributed by atoms with Crippen LogP contribution >= 0.6 is 0 Å². The van der Waals surface area contributed by atoms with Crippen molar-refractivity contribution in [1.82, 2.24) is 9.80 Å². The summed E-state index contributed by atoms with van der Waals surface area (Å²) in [7, 11) is -7.30. The largest absolute Gasteiger partial charge is 0.480 e. The molecule has 212 valence electrons. The van der Waals surface area contributed by atoms with E-state index in [9.17, 15) is 45.6 Å². The van der Waals surface area contributed by atoms with Crippen molar-refractivity contribution < 1.29 is 55.4 Å². The van der Waals surface area contributed by atoms with E-state index < -0.39 is 72.3 Å². The summed E-state index contributed by atoms with van der Waals surface area (Å²) in [6, 6.07) is 0. The molecule has 0 unspecified atom stereocenters. The summed E-state index contributed by atoms with van der Waals surface area (Å²) in [6.07, 6.45) is 4.61. The first-order valence-electron chi connectivity index (χ1n) is 11.2. The number of ether oxygens (including phenoxy) is 1. The van der Waals surface area contributed by atoms with E-state index in [-0.39, 0.29) is 37.4 Å². The third kappa shape index (κ3) is 12.2. The topological polar surface area (TPSA) is 207 Å². The summed E-state index contributed by atoms with van der Waals surface area (Å²) in [5.41, 5.74) is -0.743. The molecule has 0 aliphatic carbocycles. The zero-order chi connectivity index (χ0) is 29.3. The van der Waals surface area contributed by atoms with Gasteiger partial charge in [0.25, 0.3) is 23.6 Å². The van der Waals surface area contributed by atoms with Gasteiger partial charge in [-0.2, -0.15) is 0 Å². The van der Waals surface area contributed by atoms with E-state index in [2.05, 4.69) is 0 Å². The molecule has 2 rings (SSSR count). The van der Waals surface area contributed by atoms with E-state index in [1.54, 1.807) is 20.8 Å². The highest BCUT2D eigenvalue weighted by molar-refractivity contribution is 7.92. The second kappa shape index (κ2) is 13.4. The average molecular weight is 579 g/mol. The number of imide groups is 2. The van der Waals surface area contributed by atoms with Crippen LogP contribution in [0.4, 0.5) is 0 Å². The molecule has 4 amide bonds. The van der Waals surface area contributed by atoms with E-state index in [1.807, 2.05) is 0 Å². The summed E-state index contributed by atoms with van der Waals surface area (Å²) in [5, 5.41) is 8.34. The molecule has 0 aromatic rings. The Labute approximate surface area is 220 Å². The predicted molar refractivity (Wildman–Crippen MR) is 132 cm³/mol. The number of carboxylic acid groups (broad SMARTS) is 1. The SMILES string of the molecule is CC(C)(C)OC(=O)CS(=O)(=O)CCCN1C(=O)C=CC1=O.O=C(O)CS(=O)(=O)CCCN1C(=O)C=CC1=O. The fraction of sp³-hybridized carbons (Fsp3) is 0.545. The number of nitrogens with zero attached hydrogens (tertiary/aromatic N) is 2. The lowest BCUT2D eigenvalue weighted by Gasteiger charge is -2.19. The van der Waals surface area contributed by atoms with E-state index in [1.165, 1.54) is 0 Å². The highest BCUT2D eigenvalue weighted by Crippen LogP contribution is 2.10. The van der Waals surface area contributed by atoms with Gasteiger partial charge in [0.15, 0.2) is 19.7 Å². The number of carbonyl (C=O) groups is 6. The maximum atomic E-state index is 11.8. The van der Waals surface area contributed by atoms with Crippen LogP contribution in [0.1, 0.15) is 33.6 Å². The Morgan fingerprint density at radius 2 is 1.08 bits per heavy atom. The van der Waals surface area contributed by atoms with E-state index in [4.69, 9.17) is 9.84 Å². The van der Waals surface area contributed by atoms with Crippen LogP contribution in [0.2, 0.25) is 0 Å². The van der Waals surface area contributed by atoms with Gasteiger partial charge in [-0.1, -0.05) is 0 Å². The van der Waals surface area contributed by atoms with Crippen LogP contribution in [0, 0.1) is 0 Å². The molecule has 0 saturated carbocycles. The Morgan fingerprint density at radius 3 is 1.39 bits per heavy atom. The maximum Gasteiger partial charge on any atom is 0.321 e. The lowest BCUT2D eigenvalue weighted by atomic mass is 10.2. The molecule has 2 heterocycles. The van der Waals surface area contributed by atoms with Gasteiger partial charge in [0.05, 0.1) is 11.5 Å². The molecule has 0 radical (unpaired) electrons. The van der Waals surface area contributed by atoms with Gasteiger partial charge in [-0.3, -0.25) is 38.6 Å². The van der Waals surface area contributed by atoms with Crippen molar-refractivity contribution in [3.05, 3.63) is 24.3 Å². The second-order valence-corrected chi connectivity index (χ2v) is 13.6. The molecule has 2 aliphatic heterocycles. The summed E-state index contributed by atoms with van der Waals surface area (Å²) >= 11 is 0. The normalized spacial score (nSPS) is 15.7. The summed E-state index contributed by atoms with van der Waals surface area (Å²) < 4.78 is 50.8. The predicted octanol–water partition coefficient (Wildman–Crippen LogP) is -1.14. The second-order valence-electron chi connectivity index (χ2n) is 9.19. The number of carbonyl (C=O) groups excluding carboxylic acids is 5. The minimum atomic E-state index is -3.68. The van der Waals surface area contributed by atoms with Gasteiger partial charge in [0, 0.05) is 37.4 Å². The summed E-state index contributed by atoms with van der Waals surface area (Å²) in [5.74, 6) is -6.39. The summed E-state index contributed by atoms with van der Waals surface area (Å²) in [4.78, 5) is 68.3. The molecular formula is C22H30N2O12S2. The minimum Gasteiger partial charge on any atom is -0.480 e. The molecule has 38 heavy (non-hydrogen) atoms. The first kappa shape index (κ1) is 32.6. The Balaban J connectivity index is 0.000000389. The molecule has 0 spiro atoms. The van der Waals surface area contributed by atoms with Crippen LogP contribution in [0.25, 0.3) is 0 Å². The van der Waals surface area contributed by atoms with E-state index >= 15 is 0 Å². The maximum absolute atomic E-state index is 11.8. The van der Waals surface area contributed by atoms with Crippen molar-refractivity contribution in [1.29, 1.82) is 0 Å². The van der Waals surface area contributed by atoms with E-state index in [0.717, 1.165) is 34.1 Å². The number of aliphatic carboxylic acids is 1. The Kier molecular flexibility index (Phi) is 11.5. The number of hydrogen-bond acceptors (Lipinski definition) is 11.